The molecule has 0 heterocycles. The molecule has 0 unspecified atom stereocenters. The van der Waals surface area contributed by atoms with Crippen LogP contribution < -0.4 is 16.8 Å². The summed E-state index contributed by atoms with van der Waals surface area (Å²) in [6, 6.07) is 1.39. The summed E-state index contributed by atoms with van der Waals surface area (Å²) < 4.78 is 18.6. The molecule has 0 atom stereocenters. The van der Waals surface area contributed by atoms with E-state index in [1.807, 2.05) is 0 Å². The zero-order chi connectivity index (χ0) is 14.4. The lowest BCUT2D eigenvalue weighted by molar-refractivity contribution is -0.143. The molecule has 5 N–H and O–H groups in total. The second-order valence-corrected chi connectivity index (χ2v) is 4.27. The van der Waals surface area contributed by atoms with E-state index in [1.54, 1.807) is 6.92 Å². The van der Waals surface area contributed by atoms with Crippen LogP contribution in [-0.2, 0) is 9.53 Å². The molecule has 1 aromatic rings. The Morgan fingerprint density at radius 2 is 2.16 bits per heavy atom. The second kappa shape index (κ2) is 7.04. The smallest absolute Gasteiger partial charge is 0.305 e. The van der Waals surface area contributed by atoms with Gasteiger partial charge in [0.25, 0.3) is 0 Å². The maximum Gasteiger partial charge on any atom is 0.305 e. The van der Waals surface area contributed by atoms with Gasteiger partial charge in [0, 0.05) is 13.0 Å². The maximum absolute atomic E-state index is 13.8. The number of carbonyl (C=O) groups is 1. The number of hydrogen-bond acceptors (Lipinski definition) is 5. The first-order valence-corrected chi connectivity index (χ1v) is 6.27. The van der Waals surface area contributed by atoms with Crippen molar-refractivity contribution in [3.63, 3.8) is 0 Å². The van der Waals surface area contributed by atoms with E-state index in [0.29, 0.717) is 19.6 Å². The molecule has 0 aromatic heterocycles. The lowest BCUT2D eigenvalue weighted by Gasteiger charge is -2.12. The van der Waals surface area contributed by atoms with Crippen molar-refractivity contribution >= 4 is 34.6 Å². The molecule has 19 heavy (non-hydrogen) atoms. The fourth-order valence-electron chi connectivity index (χ4n) is 1.53. The minimum absolute atomic E-state index is 0.0914. The Bertz CT molecular complexity index is 469. The Morgan fingerprint density at radius 3 is 2.79 bits per heavy atom. The van der Waals surface area contributed by atoms with Crippen LogP contribution in [0.25, 0.3) is 0 Å². The van der Waals surface area contributed by atoms with Crippen molar-refractivity contribution in [2.45, 2.75) is 19.8 Å². The third-order valence-electron chi connectivity index (χ3n) is 2.43. The van der Waals surface area contributed by atoms with E-state index in [0.717, 1.165) is 0 Å². The number of anilines is 3. The van der Waals surface area contributed by atoms with E-state index in [-0.39, 0.29) is 34.5 Å². The average molecular weight is 290 g/mol. The molecule has 0 spiro atoms. The molecule has 0 fully saturated rings. The third kappa shape index (κ3) is 4.17. The number of nitrogens with one attached hydrogen (secondary N) is 1. The standard InChI is InChI=1S/C12H17ClFN3O2/c1-2-19-9(18)4-3-5-17-12-8(16)6-7(15)10(13)11(12)14/h6,17H,2-5,15-16H2,1H3. The average Bonchev–Trinajstić information content (AvgIpc) is 2.35. The van der Waals surface area contributed by atoms with Crippen LogP contribution in [-0.4, -0.2) is 19.1 Å². The van der Waals surface area contributed by atoms with Gasteiger partial charge in [0.1, 0.15) is 5.02 Å². The van der Waals surface area contributed by atoms with Gasteiger partial charge in [0.15, 0.2) is 5.82 Å². The van der Waals surface area contributed by atoms with Gasteiger partial charge < -0.3 is 21.5 Å². The maximum atomic E-state index is 13.8. The number of hydrogen-bond donors (Lipinski definition) is 3. The summed E-state index contributed by atoms with van der Waals surface area (Å²) in [5.74, 6) is -0.969. The number of nitrogens with two attached hydrogens (primary N) is 2. The third-order valence-corrected chi connectivity index (χ3v) is 2.81. The van der Waals surface area contributed by atoms with Crippen molar-refractivity contribution in [3.05, 3.63) is 16.9 Å². The Morgan fingerprint density at radius 1 is 1.47 bits per heavy atom. The van der Waals surface area contributed by atoms with Gasteiger partial charge in [-0.05, 0) is 19.4 Å². The number of ether oxygens (including phenoxy) is 1. The van der Waals surface area contributed by atoms with Gasteiger partial charge in [0.2, 0.25) is 0 Å². The Kier molecular flexibility index (Phi) is 5.69. The molecule has 0 bridgehead atoms. The number of carbonyl (C=O) groups excluding carboxylic acids is 1. The van der Waals surface area contributed by atoms with Gasteiger partial charge in [-0.15, -0.1) is 0 Å². The van der Waals surface area contributed by atoms with Crippen molar-refractivity contribution in [1.29, 1.82) is 0 Å². The highest BCUT2D eigenvalue weighted by Gasteiger charge is 2.13. The van der Waals surface area contributed by atoms with Crippen LogP contribution in [0, 0.1) is 5.82 Å². The largest absolute Gasteiger partial charge is 0.466 e. The molecular weight excluding hydrogens is 273 g/mol. The topological polar surface area (TPSA) is 90.4 Å². The predicted molar refractivity (Wildman–Crippen MR) is 74.6 cm³/mol. The van der Waals surface area contributed by atoms with Crippen molar-refractivity contribution in [3.8, 4) is 0 Å². The van der Waals surface area contributed by atoms with Crippen LogP contribution in [0.3, 0.4) is 0 Å². The molecule has 7 heteroatoms. The number of nitrogen functional groups attached to an aromatic ring is 2. The summed E-state index contributed by atoms with van der Waals surface area (Å²) in [6.07, 6.45) is 0.755. The number of benzene rings is 1. The van der Waals surface area contributed by atoms with E-state index in [4.69, 9.17) is 27.8 Å². The number of halogens is 2. The molecule has 0 saturated carbocycles. The molecule has 0 radical (unpaired) electrons. The van der Waals surface area contributed by atoms with E-state index >= 15 is 0 Å². The van der Waals surface area contributed by atoms with Gasteiger partial charge in [-0.1, -0.05) is 11.6 Å². The highest BCUT2D eigenvalue weighted by molar-refractivity contribution is 6.33. The molecule has 1 aromatic carbocycles. The molecule has 0 aliphatic rings. The van der Waals surface area contributed by atoms with Crippen molar-refractivity contribution in [2.24, 2.45) is 0 Å². The minimum Gasteiger partial charge on any atom is -0.466 e. The molecular formula is C12H17ClFN3O2. The van der Waals surface area contributed by atoms with Crippen LogP contribution in [0.4, 0.5) is 21.5 Å². The van der Waals surface area contributed by atoms with Crippen LogP contribution in [0.1, 0.15) is 19.8 Å². The summed E-state index contributed by atoms with van der Waals surface area (Å²) in [7, 11) is 0. The first-order valence-electron chi connectivity index (χ1n) is 5.89. The Balaban J connectivity index is 2.55. The molecule has 1 rings (SSSR count). The predicted octanol–water partition coefficient (Wildman–Crippen LogP) is 2.40. The van der Waals surface area contributed by atoms with E-state index < -0.39 is 5.82 Å². The molecule has 0 aliphatic heterocycles. The molecule has 0 aliphatic carbocycles. The first kappa shape index (κ1) is 15.4. The summed E-state index contributed by atoms with van der Waals surface area (Å²) in [4.78, 5) is 11.1. The van der Waals surface area contributed by atoms with Crippen LogP contribution in [0.2, 0.25) is 5.02 Å². The summed E-state index contributed by atoms with van der Waals surface area (Å²) >= 11 is 5.69. The van der Waals surface area contributed by atoms with E-state index in [9.17, 15) is 9.18 Å². The molecule has 0 amide bonds. The fourth-order valence-corrected chi connectivity index (χ4v) is 1.67. The van der Waals surface area contributed by atoms with Gasteiger partial charge in [0.05, 0.1) is 23.7 Å². The van der Waals surface area contributed by atoms with Crippen LogP contribution in [0.15, 0.2) is 6.07 Å². The summed E-state index contributed by atoms with van der Waals surface area (Å²) in [5.41, 5.74) is 11.5. The van der Waals surface area contributed by atoms with Crippen LogP contribution >= 0.6 is 11.6 Å². The van der Waals surface area contributed by atoms with Gasteiger partial charge in [-0.25, -0.2) is 4.39 Å². The monoisotopic (exact) mass is 289 g/mol. The number of esters is 1. The fraction of sp³-hybridized carbons (Fsp3) is 0.417. The first-order chi connectivity index (χ1) is 8.97. The summed E-state index contributed by atoms with van der Waals surface area (Å²) in [5, 5.41) is 2.63. The molecule has 5 nitrogen and oxygen atoms in total. The molecule has 0 saturated heterocycles. The normalized spacial score (nSPS) is 10.3. The lowest BCUT2D eigenvalue weighted by atomic mass is 10.2. The SMILES string of the molecule is CCOC(=O)CCCNc1c(N)cc(N)c(Cl)c1F. The van der Waals surface area contributed by atoms with Crippen molar-refractivity contribution in [2.75, 3.05) is 29.9 Å². The van der Waals surface area contributed by atoms with Gasteiger partial charge in [-0.2, -0.15) is 0 Å². The van der Waals surface area contributed by atoms with Crippen LogP contribution in [0.5, 0.6) is 0 Å². The van der Waals surface area contributed by atoms with Gasteiger partial charge in [-0.3, -0.25) is 4.79 Å². The Hall–Kier alpha value is -1.69. The summed E-state index contributed by atoms with van der Waals surface area (Å²) in [6.45, 7) is 2.46. The van der Waals surface area contributed by atoms with E-state index in [2.05, 4.69) is 5.32 Å². The zero-order valence-corrected chi connectivity index (χ0v) is 11.4. The molecule has 106 valence electrons. The zero-order valence-electron chi connectivity index (χ0n) is 10.6. The Labute approximate surface area is 116 Å². The van der Waals surface area contributed by atoms with Crippen molar-refractivity contribution in [1.82, 2.24) is 0 Å². The lowest BCUT2D eigenvalue weighted by Crippen LogP contribution is -2.10. The second-order valence-electron chi connectivity index (χ2n) is 3.89. The van der Waals surface area contributed by atoms with Gasteiger partial charge >= 0.3 is 5.97 Å². The highest BCUT2D eigenvalue weighted by Crippen LogP contribution is 2.33. The highest BCUT2D eigenvalue weighted by atomic mass is 35.5. The number of rotatable bonds is 6. The van der Waals surface area contributed by atoms with E-state index in [1.165, 1.54) is 6.07 Å². The quantitative estimate of drug-likeness (QED) is 0.425. The minimum atomic E-state index is -0.685. The van der Waals surface area contributed by atoms with Crippen molar-refractivity contribution < 1.29 is 13.9 Å².